The first-order chi connectivity index (χ1) is 14.3. The summed E-state index contributed by atoms with van der Waals surface area (Å²) in [7, 11) is 0. The molecule has 2 aliphatic rings. The zero-order valence-corrected chi connectivity index (χ0v) is 18.6. The van der Waals surface area contributed by atoms with Crippen molar-refractivity contribution in [3.05, 3.63) is 58.1 Å². The van der Waals surface area contributed by atoms with Crippen LogP contribution in [0.1, 0.15) is 59.4 Å². The Morgan fingerprint density at radius 2 is 1.83 bits per heavy atom. The van der Waals surface area contributed by atoms with Crippen LogP contribution < -0.4 is 10.1 Å². The molecule has 0 spiro atoms. The number of anilines is 1. The van der Waals surface area contributed by atoms with Gasteiger partial charge >= 0.3 is 5.97 Å². The molecule has 30 heavy (non-hydrogen) atoms. The van der Waals surface area contributed by atoms with Crippen LogP contribution >= 0.6 is 12.2 Å². The zero-order chi connectivity index (χ0) is 21.4. The number of carboxylic acid groups (broad SMARTS) is 1. The quantitative estimate of drug-likeness (QED) is 0.528. The molecule has 2 fully saturated rings. The molecular weight excluding hydrogens is 394 g/mol. The number of hydrogen-bond donors (Lipinski definition) is 2. The highest BCUT2D eigenvalue weighted by molar-refractivity contribution is 7.81. The SMILES string of the molecule is Cc1ccc([C@H]2C[C@H]2C(=O)O)cc1NC(=S)c1c(C)cc(OCCC2CC2)cc1C. The normalized spacial score (nSPS) is 20.0. The van der Waals surface area contributed by atoms with Crippen LogP contribution in [-0.2, 0) is 4.79 Å². The van der Waals surface area contributed by atoms with E-state index < -0.39 is 5.97 Å². The van der Waals surface area contributed by atoms with Crippen molar-refractivity contribution in [3.63, 3.8) is 0 Å². The molecule has 0 radical (unpaired) electrons. The van der Waals surface area contributed by atoms with Crippen molar-refractivity contribution in [2.75, 3.05) is 11.9 Å². The molecule has 2 aromatic carbocycles. The van der Waals surface area contributed by atoms with E-state index >= 15 is 0 Å². The first kappa shape index (κ1) is 20.9. The van der Waals surface area contributed by atoms with Gasteiger partial charge in [-0.05, 0) is 85.9 Å². The Morgan fingerprint density at radius 3 is 2.43 bits per heavy atom. The Bertz CT molecular complexity index is 973. The summed E-state index contributed by atoms with van der Waals surface area (Å²) in [5.74, 6) is 0.904. The lowest BCUT2D eigenvalue weighted by atomic mass is 10.0. The summed E-state index contributed by atoms with van der Waals surface area (Å²) < 4.78 is 5.96. The average Bonchev–Trinajstić information content (AvgIpc) is 3.57. The first-order valence-corrected chi connectivity index (χ1v) is 11.1. The lowest BCUT2D eigenvalue weighted by Gasteiger charge is -2.17. The van der Waals surface area contributed by atoms with Gasteiger partial charge in [-0.25, -0.2) is 0 Å². The van der Waals surface area contributed by atoms with Crippen LogP contribution in [0, 0.1) is 32.6 Å². The number of thiocarbonyl (C=S) groups is 1. The summed E-state index contributed by atoms with van der Waals surface area (Å²) >= 11 is 5.75. The number of carbonyl (C=O) groups is 1. The van der Waals surface area contributed by atoms with E-state index in [0.29, 0.717) is 11.4 Å². The van der Waals surface area contributed by atoms with Gasteiger partial charge in [0.15, 0.2) is 0 Å². The summed E-state index contributed by atoms with van der Waals surface area (Å²) in [6.07, 6.45) is 4.54. The molecule has 0 amide bonds. The minimum atomic E-state index is -0.712. The van der Waals surface area contributed by atoms with Crippen LogP contribution in [0.5, 0.6) is 5.75 Å². The van der Waals surface area contributed by atoms with Crippen LogP contribution in [0.25, 0.3) is 0 Å². The molecule has 0 aromatic heterocycles. The molecule has 0 unspecified atom stereocenters. The third-order valence-corrected chi connectivity index (χ3v) is 6.58. The fourth-order valence-electron chi connectivity index (χ4n) is 4.14. The molecule has 4 nitrogen and oxygen atoms in total. The van der Waals surface area contributed by atoms with Crippen molar-refractivity contribution in [1.29, 1.82) is 0 Å². The summed E-state index contributed by atoms with van der Waals surface area (Å²) in [5.41, 5.74) is 6.30. The van der Waals surface area contributed by atoms with Gasteiger partial charge in [0, 0.05) is 11.3 Å². The Kier molecular flexibility index (Phi) is 5.83. The maximum absolute atomic E-state index is 11.2. The lowest BCUT2D eigenvalue weighted by Crippen LogP contribution is -2.15. The second-order valence-corrected chi connectivity index (χ2v) is 9.24. The Morgan fingerprint density at radius 1 is 1.13 bits per heavy atom. The molecule has 0 aliphatic heterocycles. The van der Waals surface area contributed by atoms with Crippen molar-refractivity contribution >= 4 is 28.9 Å². The lowest BCUT2D eigenvalue weighted by molar-refractivity contribution is -0.138. The van der Waals surface area contributed by atoms with Crippen molar-refractivity contribution in [2.24, 2.45) is 11.8 Å². The van der Waals surface area contributed by atoms with Crippen molar-refractivity contribution in [1.82, 2.24) is 0 Å². The van der Waals surface area contributed by atoms with E-state index in [1.807, 2.05) is 19.1 Å². The van der Waals surface area contributed by atoms with Gasteiger partial charge in [0.2, 0.25) is 0 Å². The number of carboxylic acids is 1. The number of ether oxygens (including phenoxy) is 1. The average molecular weight is 424 g/mol. The molecule has 5 heteroatoms. The van der Waals surface area contributed by atoms with Crippen molar-refractivity contribution in [3.8, 4) is 5.75 Å². The smallest absolute Gasteiger partial charge is 0.307 e. The summed E-state index contributed by atoms with van der Waals surface area (Å²) in [6, 6.07) is 10.2. The van der Waals surface area contributed by atoms with E-state index in [9.17, 15) is 9.90 Å². The molecule has 2 N–H and O–H groups in total. The molecule has 158 valence electrons. The third-order valence-electron chi connectivity index (χ3n) is 6.27. The molecule has 2 aromatic rings. The highest BCUT2D eigenvalue weighted by atomic mass is 32.1. The standard InChI is InChI=1S/C25H29NO3S/c1-14-4-7-18(20-13-21(20)25(27)28)12-22(14)26-24(30)23-15(2)10-19(11-16(23)3)29-9-8-17-5-6-17/h4,7,10-12,17,20-21H,5-6,8-9,13H2,1-3H3,(H,26,30)(H,27,28)/t20-,21-/m1/s1. The van der Waals surface area contributed by atoms with Crippen LogP contribution in [0.3, 0.4) is 0 Å². The predicted octanol–water partition coefficient (Wildman–Crippen LogP) is 5.77. The molecule has 0 bridgehead atoms. The summed E-state index contributed by atoms with van der Waals surface area (Å²) in [6.45, 7) is 6.94. The second-order valence-electron chi connectivity index (χ2n) is 8.83. The molecule has 2 saturated carbocycles. The van der Waals surface area contributed by atoms with E-state index in [-0.39, 0.29) is 11.8 Å². The highest BCUT2D eigenvalue weighted by Gasteiger charge is 2.44. The van der Waals surface area contributed by atoms with Crippen LogP contribution in [0.4, 0.5) is 5.69 Å². The van der Waals surface area contributed by atoms with Gasteiger partial charge in [-0.1, -0.05) is 37.2 Å². The number of aliphatic carboxylic acids is 1. The van der Waals surface area contributed by atoms with Gasteiger partial charge in [-0.15, -0.1) is 0 Å². The van der Waals surface area contributed by atoms with Crippen molar-refractivity contribution < 1.29 is 14.6 Å². The van der Waals surface area contributed by atoms with Gasteiger partial charge in [0.25, 0.3) is 0 Å². The minimum Gasteiger partial charge on any atom is -0.494 e. The first-order valence-electron chi connectivity index (χ1n) is 10.7. The molecule has 4 rings (SSSR count). The Labute approximate surface area is 183 Å². The van der Waals surface area contributed by atoms with Crippen LogP contribution in [0.2, 0.25) is 0 Å². The fraction of sp³-hybridized carbons (Fsp3) is 0.440. The van der Waals surface area contributed by atoms with Gasteiger partial charge in [-0.3, -0.25) is 4.79 Å². The largest absolute Gasteiger partial charge is 0.494 e. The monoisotopic (exact) mass is 423 g/mol. The second kappa shape index (κ2) is 8.38. The molecule has 2 aliphatic carbocycles. The number of nitrogens with one attached hydrogen (secondary N) is 1. The molecular formula is C25H29NO3S. The number of hydrogen-bond acceptors (Lipinski definition) is 3. The van der Waals surface area contributed by atoms with E-state index in [1.54, 1.807) is 0 Å². The third kappa shape index (κ3) is 4.67. The maximum Gasteiger partial charge on any atom is 0.307 e. The molecule has 0 saturated heterocycles. The summed E-state index contributed by atoms with van der Waals surface area (Å²) in [5, 5.41) is 12.6. The van der Waals surface area contributed by atoms with Crippen LogP contribution in [0.15, 0.2) is 30.3 Å². The summed E-state index contributed by atoms with van der Waals surface area (Å²) in [4.78, 5) is 11.9. The van der Waals surface area contributed by atoms with E-state index in [0.717, 1.165) is 58.2 Å². The number of rotatable bonds is 8. The van der Waals surface area contributed by atoms with Crippen LogP contribution in [-0.4, -0.2) is 22.7 Å². The maximum atomic E-state index is 11.2. The van der Waals surface area contributed by atoms with E-state index in [1.165, 1.54) is 12.8 Å². The molecule has 2 atom stereocenters. The zero-order valence-electron chi connectivity index (χ0n) is 17.8. The number of aryl methyl sites for hydroxylation is 3. The fourth-order valence-corrected chi connectivity index (χ4v) is 4.57. The highest BCUT2D eigenvalue weighted by Crippen LogP contribution is 2.48. The van der Waals surface area contributed by atoms with E-state index in [4.69, 9.17) is 17.0 Å². The molecule has 0 heterocycles. The minimum absolute atomic E-state index is 0.104. The number of benzene rings is 2. The van der Waals surface area contributed by atoms with Gasteiger partial charge in [0.1, 0.15) is 10.7 Å². The van der Waals surface area contributed by atoms with E-state index in [2.05, 4.69) is 37.4 Å². The predicted molar refractivity (Wildman–Crippen MR) is 124 cm³/mol. The Balaban J connectivity index is 1.47. The van der Waals surface area contributed by atoms with Gasteiger partial charge < -0.3 is 15.2 Å². The van der Waals surface area contributed by atoms with Crippen molar-refractivity contribution in [2.45, 2.75) is 52.4 Å². The Hall–Kier alpha value is -2.40. The van der Waals surface area contributed by atoms with Gasteiger partial charge in [-0.2, -0.15) is 0 Å². The van der Waals surface area contributed by atoms with Gasteiger partial charge in [0.05, 0.1) is 12.5 Å². The topological polar surface area (TPSA) is 58.6 Å².